The highest BCUT2D eigenvalue weighted by Crippen LogP contribution is 2.18. The highest BCUT2D eigenvalue weighted by molar-refractivity contribution is 6.30. The van der Waals surface area contributed by atoms with E-state index in [1.807, 2.05) is 6.92 Å². The Balaban J connectivity index is 1.85. The Kier molecular flexibility index (Phi) is 5.35. The number of pyridine rings is 2. The summed E-state index contributed by atoms with van der Waals surface area (Å²) in [6, 6.07) is 15.8. The van der Waals surface area contributed by atoms with Crippen LogP contribution in [0.1, 0.15) is 27.2 Å². The molecule has 2 heterocycles. The number of fused-ring (bicyclic) bond motifs is 1. The minimum Gasteiger partial charge on any atom is -0.327 e. The average molecular weight is 434 g/mol. The molecule has 0 aliphatic heterocycles. The van der Waals surface area contributed by atoms with Crippen LogP contribution in [0.4, 0.5) is 5.69 Å². The molecular formula is C23H16ClN3O4. The van der Waals surface area contributed by atoms with E-state index in [0.717, 1.165) is 11.3 Å². The first-order chi connectivity index (χ1) is 14.8. The lowest BCUT2D eigenvalue weighted by Gasteiger charge is -2.13. The molecule has 31 heavy (non-hydrogen) atoms. The van der Waals surface area contributed by atoms with E-state index in [1.165, 1.54) is 18.3 Å². The van der Waals surface area contributed by atoms with Gasteiger partial charge in [-0.15, -0.1) is 0 Å². The van der Waals surface area contributed by atoms with Crippen LogP contribution in [0.15, 0.2) is 71.7 Å². The van der Waals surface area contributed by atoms with E-state index in [-0.39, 0.29) is 17.8 Å². The van der Waals surface area contributed by atoms with Crippen molar-refractivity contribution in [3.63, 3.8) is 0 Å². The number of nitrogens with zero attached hydrogens (tertiary/aromatic N) is 3. The lowest BCUT2D eigenvalue weighted by molar-refractivity contribution is -0.384. The minimum atomic E-state index is -0.466. The van der Waals surface area contributed by atoms with Crippen molar-refractivity contribution in [1.29, 1.82) is 0 Å². The highest BCUT2D eigenvalue weighted by Gasteiger charge is 2.18. The van der Waals surface area contributed by atoms with Crippen molar-refractivity contribution >= 4 is 34.1 Å². The maximum atomic E-state index is 13.1. The van der Waals surface area contributed by atoms with Gasteiger partial charge >= 0.3 is 0 Å². The van der Waals surface area contributed by atoms with E-state index in [0.29, 0.717) is 21.6 Å². The molecule has 0 radical (unpaired) electrons. The number of rotatable bonds is 5. The first-order valence-corrected chi connectivity index (χ1v) is 9.75. The fourth-order valence-corrected chi connectivity index (χ4v) is 3.44. The summed E-state index contributed by atoms with van der Waals surface area (Å²) in [5.74, 6) is -0.415. The molecule has 2 aromatic carbocycles. The Morgan fingerprint density at radius 3 is 2.39 bits per heavy atom. The molecule has 0 fully saturated rings. The van der Waals surface area contributed by atoms with E-state index >= 15 is 0 Å². The first-order valence-electron chi connectivity index (χ1n) is 9.38. The van der Waals surface area contributed by atoms with E-state index in [1.54, 1.807) is 53.1 Å². The molecule has 7 nitrogen and oxygen atoms in total. The van der Waals surface area contributed by atoms with E-state index in [2.05, 4.69) is 4.98 Å². The molecule has 4 rings (SSSR count). The van der Waals surface area contributed by atoms with Crippen LogP contribution in [-0.4, -0.2) is 20.3 Å². The molecular weight excluding hydrogens is 418 g/mol. The summed E-state index contributed by atoms with van der Waals surface area (Å²) < 4.78 is 1.72. The second kappa shape index (κ2) is 8.12. The quantitative estimate of drug-likeness (QED) is 0.261. The third-order valence-electron chi connectivity index (χ3n) is 4.91. The second-order valence-corrected chi connectivity index (χ2v) is 7.52. The van der Waals surface area contributed by atoms with E-state index < -0.39 is 16.1 Å². The number of carbonyl (C=O) groups excluding carboxylic acids is 1. The largest absolute Gasteiger partial charge is 0.327 e. The van der Waals surface area contributed by atoms with Crippen LogP contribution < -0.4 is 5.43 Å². The van der Waals surface area contributed by atoms with Gasteiger partial charge in [-0.05, 0) is 48.9 Å². The van der Waals surface area contributed by atoms with Gasteiger partial charge in [-0.1, -0.05) is 23.7 Å². The molecule has 0 atom stereocenters. The number of carbonyl (C=O) groups is 1. The van der Waals surface area contributed by atoms with Crippen molar-refractivity contribution < 1.29 is 9.72 Å². The molecule has 0 spiro atoms. The molecule has 0 aliphatic rings. The number of aromatic nitrogens is 2. The number of nitro benzene ring substituents is 1. The number of hydrogen-bond acceptors (Lipinski definition) is 5. The molecule has 8 heteroatoms. The van der Waals surface area contributed by atoms with Crippen molar-refractivity contribution in [1.82, 2.24) is 9.55 Å². The molecule has 154 valence electrons. The monoisotopic (exact) mass is 433 g/mol. The minimum absolute atomic E-state index is 0.0129. The van der Waals surface area contributed by atoms with Crippen LogP contribution in [0.5, 0.6) is 0 Å². The lowest BCUT2D eigenvalue weighted by atomic mass is 10.0. The summed E-state index contributed by atoms with van der Waals surface area (Å²) in [6.45, 7) is 2.10. The standard InChI is InChI=1S/C23H16ClN3O4/c1-14-2-11-19-22(29)20(21(28)16-5-7-17(24)8-6-16)13-26(23(19)25-14)12-15-3-9-18(10-4-15)27(30)31/h2-11,13H,12H2,1H3. The number of nitro groups is 1. The summed E-state index contributed by atoms with van der Waals surface area (Å²) in [7, 11) is 0. The lowest BCUT2D eigenvalue weighted by Crippen LogP contribution is -2.21. The smallest absolute Gasteiger partial charge is 0.269 e. The fraction of sp³-hybridized carbons (Fsp3) is 0.0870. The highest BCUT2D eigenvalue weighted by atomic mass is 35.5. The number of halogens is 1. The van der Waals surface area contributed by atoms with Crippen molar-refractivity contribution in [2.75, 3.05) is 0 Å². The van der Waals surface area contributed by atoms with Crippen LogP contribution in [0, 0.1) is 17.0 Å². The van der Waals surface area contributed by atoms with Gasteiger partial charge in [0, 0.05) is 41.2 Å². The van der Waals surface area contributed by atoms with Gasteiger partial charge in [-0.25, -0.2) is 4.98 Å². The van der Waals surface area contributed by atoms with Crippen LogP contribution in [0.3, 0.4) is 0 Å². The summed E-state index contributed by atoms with van der Waals surface area (Å²) in [4.78, 5) is 41.1. The summed E-state index contributed by atoms with van der Waals surface area (Å²) in [6.07, 6.45) is 1.50. The van der Waals surface area contributed by atoms with Gasteiger partial charge in [-0.3, -0.25) is 19.7 Å². The number of benzene rings is 2. The second-order valence-electron chi connectivity index (χ2n) is 7.08. The van der Waals surface area contributed by atoms with E-state index in [9.17, 15) is 19.7 Å². The molecule has 0 amide bonds. The molecule has 0 N–H and O–H groups in total. The summed E-state index contributed by atoms with van der Waals surface area (Å²) >= 11 is 5.91. The van der Waals surface area contributed by atoms with Crippen molar-refractivity contribution in [2.45, 2.75) is 13.5 Å². The molecule has 0 aliphatic carbocycles. The predicted octanol–water partition coefficient (Wildman–Crippen LogP) is 4.55. The van der Waals surface area contributed by atoms with Crippen molar-refractivity contribution in [3.8, 4) is 0 Å². The Morgan fingerprint density at radius 1 is 1.06 bits per heavy atom. The molecule has 0 bridgehead atoms. The Morgan fingerprint density at radius 2 is 1.74 bits per heavy atom. The first kappa shape index (κ1) is 20.4. The average Bonchev–Trinajstić information content (AvgIpc) is 2.76. The fourth-order valence-electron chi connectivity index (χ4n) is 3.32. The SMILES string of the molecule is Cc1ccc2c(=O)c(C(=O)c3ccc(Cl)cc3)cn(Cc3ccc([N+](=O)[O-])cc3)c2n1. The van der Waals surface area contributed by atoms with Crippen molar-refractivity contribution in [2.24, 2.45) is 0 Å². The predicted molar refractivity (Wildman–Crippen MR) is 118 cm³/mol. The van der Waals surface area contributed by atoms with Crippen LogP contribution >= 0.6 is 11.6 Å². The zero-order valence-electron chi connectivity index (χ0n) is 16.4. The topological polar surface area (TPSA) is 95.1 Å². The molecule has 0 saturated carbocycles. The Labute approximate surface area is 181 Å². The van der Waals surface area contributed by atoms with Crippen LogP contribution in [0.2, 0.25) is 5.02 Å². The number of aryl methyl sites for hydroxylation is 1. The van der Waals surface area contributed by atoms with Gasteiger partial charge in [0.1, 0.15) is 5.65 Å². The number of non-ortho nitro benzene ring substituents is 1. The van der Waals surface area contributed by atoms with Gasteiger partial charge in [0.25, 0.3) is 5.69 Å². The van der Waals surface area contributed by atoms with Crippen LogP contribution in [0.25, 0.3) is 11.0 Å². The normalized spacial score (nSPS) is 10.9. The summed E-state index contributed by atoms with van der Waals surface area (Å²) in [5, 5.41) is 11.7. The zero-order chi connectivity index (χ0) is 22.1. The van der Waals surface area contributed by atoms with E-state index in [4.69, 9.17) is 11.6 Å². The van der Waals surface area contributed by atoms with Gasteiger partial charge in [0.2, 0.25) is 5.43 Å². The molecule has 4 aromatic rings. The Bertz CT molecular complexity index is 1380. The van der Waals surface area contributed by atoms with Gasteiger partial charge in [0.05, 0.1) is 15.9 Å². The zero-order valence-corrected chi connectivity index (χ0v) is 17.2. The third kappa shape index (κ3) is 4.08. The maximum absolute atomic E-state index is 13.1. The van der Waals surface area contributed by atoms with Crippen molar-refractivity contribution in [3.05, 3.63) is 115 Å². The molecule has 0 saturated heterocycles. The molecule has 0 unspecified atom stereocenters. The van der Waals surface area contributed by atoms with Crippen LogP contribution in [-0.2, 0) is 6.54 Å². The van der Waals surface area contributed by atoms with Gasteiger partial charge in [0.15, 0.2) is 5.78 Å². The van der Waals surface area contributed by atoms with Gasteiger partial charge in [-0.2, -0.15) is 0 Å². The number of hydrogen-bond donors (Lipinski definition) is 0. The maximum Gasteiger partial charge on any atom is 0.269 e. The number of ketones is 1. The third-order valence-corrected chi connectivity index (χ3v) is 5.16. The van der Waals surface area contributed by atoms with Gasteiger partial charge < -0.3 is 4.57 Å². The Hall–Kier alpha value is -3.84. The molecule has 2 aromatic heterocycles. The summed E-state index contributed by atoms with van der Waals surface area (Å²) in [5.41, 5.74) is 1.88.